The minimum absolute atomic E-state index is 0.247. The first-order chi connectivity index (χ1) is 16.0. The number of carbonyl (C=O) groups excluding carboxylic acids is 2. The van der Waals surface area contributed by atoms with Gasteiger partial charge in [-0.15, -0.1) is 0 Å². The van der Waals surface area contributed by atoms with Crippen LogP contribution in [0.15, 0.2) is 77.9 Å². The van der Waals surface area contributed by atoms with E-state index in [2.05, 4.69) is 25.8 Å². The van der Waals surface area contributed by atoms with Gasteiger partial charge in [-0.2, -0.15) is 5.10 Å². The summed E-state index contributed by atoms with van der Waals surface area (Å²) in [5.41, 5.74) is 4.78. The zero-order valence-electron chi connectivity index (χ0n) is 17.7. The molecule has 3 N–H and O–H groups in total. The van der Waals surface area contributed by atoms with E-state index >= 15 is 0 Å². The van der Waals surface area contributed by atoms with Crippen molar-refractivity contribution in [3.63, 3.8) is 0 Å². The van der Waals surface area contributed by atoms with E-state index in [1.807, 2.05) is 60.7 Å². The molecule has 7 nitrogen and oxygen atoms in total. The summed E-state index contributed by atoms with van der Waals surface area (Å²) >= 11 is 6.12. The van der Waals surface area contributed by atoms with Crippen LogP contribution in [0.4, 0.5) is 10.5 Å². The van der Waals surface area contributed by atoms with Crippen molar-refractivity contribution in [1.82, 2.24) is 15.5 Å². The van der Waals surface area contributed by atoms with E-state index < -0.39 is 18.0 Å². The highest BCUT2D eigenvalue weighted by Crippen LogP contribution is 2.31. The van der Waals surface area contributed by atoms with Crippen LogP contribution < -0.4 is 10.6 Å². The summed E-state index contributed by atoms with van der Waals surface area (Å²) < 4.78 is 0. The fourth-order valence-electron chi connectivity index (χ4n) is 4.13. The molecular weight excluding hydrogens is 438 g/mol. The van der Waals surface area contributed by atoms with E-state index in [1.165, 1.54) is 0 Å². The third-order valence-corrected chi connectivity index (χ3v) is 5.99. The lowest BCUT2D eigenvalue weighted by Gasteiger charge is -2.30. The number of hydrogen-bond acceptors (Lipinski definition) is 3. The predicted molar refractivity (Wildman–Crippen MR) is 129 cm³/mol. The Morgan fingerprint density at radius 1 is 1.03 bits per heavy atom. The number of amides is 3. The minimum atomic E-state index is -0.653. The molecule has 1 aliphatic heterocycles. The smallest absolute Gasteiger partial charge is 0.328 e. The second-order valence-electron chi connectivity index (χ2n) is 7.95. The molecule has 164 valence electrons. The Morgan fingerprint density at radius 2 is 1.85 bits per heavy atom. The van der Waals surface area contributed by atoms with Crippen molar-refractivity contribution in [2.24, 2.45) is 10.9 Å². The SMILES string of the molecule is CC1=NC(=O)NC(c2ccc(-c3cccc(Cl)c3)cc2)C1C(=O)Nc1ccc2[nH]ncc2c1. The summed E-state index contributed by atoms with van der Waals surface area (Å²) in [7, 11) is 0. The highest BCUT2D eigenvalue weighted by Gasteiger charge is 2.36. The van der Waals surface area contributed by atoms with Crippen LogP contribution in [0, 0.1) is 5.92 Å². The molecule has 1 aromatic heterocycles. The Kier molecular flexibility index (Phi) is 5.40. The number of nitrogens with one attached hydrogen (secondary N) is 3. The molecule has 2 unspecified atom stereocenters. The topological polar surface area (TPSA) is 99.2 Å². The van der Waals surface area contributed by atoms with Gasteiger partial charge in [-0.3, -0.25) is 9.89 Å². The van der Waals surface area contributed by atoms with E-state index in [9.17, 15) is 9.59 Å². The van der Waals surface area contributed by atoms with Crippen LogP contribution in [0.5, 0.6) is 0 Å². The van der Waals surface area contributed by atoms with Crippen molar-refractivity contribution in [2.75, 3.05) is 5.32 Å². The normalized spacial score (nSPS) is 18.0. The molecule has 0 saturated carbocycles. The van der Waals surface area contributed by atoms with Crippen LogP contribution in [0.3, 0.4) is 0 Å². The van der Waals surface area contributed by atoms with Crippen LogP contribution in [-0.4, -0.2) is 27.8 Å². The highest BCUT2D eigenvalue weighted by molar-refractivity contribution is 6.30. The van der Waals surface area contributed by atoms with Crippen molar-refractivity contribution in [3.05, 3.63) is 83.5 Å². The monoisotopic (exact) mass is 457 g/mol. The quantitative estimate of drug-likeness (QED) is 0.384. The first-order valence-corrected chi connectivity index (χ1v) is 10.8. The molecular formula is C25H20ClN5O2. The Bertz CT molecular complexity index is 1390. The lowest BCUT2D eigenvalue weighted by atomic mass is 9.86. The lowest BCUT2D eigenvalue weighted by Crippen LogP contribution is -2.45. The van der Waals surface area contributed by atoms with Crippen LogP contribution in [0.2, 0.25) is 5.02 Å². The number of aromatic amines is 1. The van der Waals surface area contributed by atoms with Gasteiger partial charge < -0.3 is 10.6 Å². The molecule has 2 atom stereocenters. The third-order valence-electron chi connectivity index (χ3n) is 5.76. The molecule has 0 saturated heterocycles. The molecule has 8 heteroatoms. The first-order valence-electron chi connectivity index (χ1n) is 10.4. The largest absolute Gasteiger partial charge is 0.341 e. The van der Waals surface area contributed by atoms with Gasteiger partial charge >= 0.3 is 6.03 Å². The minimum Gasteiger partial charge on any atom is -0.328 e. The average Bonchev–Trinajstić information content (AvgIpc) is 3.26. The number of anilines is 1. The fraction of sp³-hybridized carbons (Fsp3) is 0.120. The van der Waals surface area contributed by atoms with E-state index in [4.69, 9.17) is 11.6 Å². The first kappa shape index (κ1) is 20.9. The summed E-state index contributed by atoms with van der Waals surface area (Å²) in [6, 6.07) is 19.8. The van der Waals surface area contributed by atoms with Crippen LogP contribution in [0.25, 0.3) is 22.0 Å². The summed E-state index contributed by atoms with van der Waals surface area (Å²) in [5.74, 6) is -0.900. The molecule has 0 spiro atoms. The Morgan fingerprint density at radius 3 is 2.64 bits per heavy atom. The number of nitrogens with zero attached hydrogens (tertiary/aromatic N) is 2. The van der Waals surface area contributed by atoms with Crippen LogP contribution >= 0.6 is 11.6 Å². The van der Waals surface area contributed by atoms with Crippen molar-refractivity contribution in [3.8, 4) is 11.1 Å². The second kappa shape index (κ2) is 8.52. The predicted octanol–water partition coefficient (Wildman–Crippen LogP) is 5.36. The summed E-state index contributed by atoms with van der Waals surface area (Å²) in [5, 5.41) is 14.2. The number of urea groups is 1. The number of carbonyl (C=O) groups is 2. The Balaban J connectivity index is 1.43. The zero-order chi connectivity index (χ0) is 22.9. The van der Waals surface area contributed by atoms with Gasteiger partial charge in [-0.25, -0.2) is 9.79 Å². The highest BCUT2D eigenvalue weighted by atomic mass is 35.5. The molecule has 0 radical (unpaired) electrons. The average molecular weight is 458 g/mol. The number of aromatic nitrogens is 2. The number of aliphatic imine (C=N–C) groups is 1. The van der Waals surface area contributed by atoms with Gasteiger partial charge in [0.25, 0.3) is 0 Å². The number of hydrogen-bond donors (Lipinski definition) is 3. The number of H-pyrrole nitrogens is 1. The van der Waals surface area contributed by atoms with Crippen molar-refractivity contribution in [1.29, 1.82) is 0 Å². The molecule has 5 rings (SSSR count). The maximum Gasteiger partial charge on any atom is 0.341 e. The molecule has 0 bridgehead atoms. The van der Waals surface area contributed by atoms with Gasteiger partial charge in [0.1, 0.15) is 5.92 Å². The van der Waals surface area contributed by atoms with Crippen LogP contribution in [0.1, 0.15) is 18.5 Å². The molecule has 4 aromatic rings. The third kappa shape index (κ3) is 4.23. The van der Waals surface area contributed by atoms with Gasteiger partial charge in [0.05, 0.1) is 17.8 Å². The fourth-order valence-corrected chi connectivity index (χ4v) is 4.32. The van der Waals surface area contributed by atoms with E-state index in [0.717, 1.165) is 27.6 Å². The second-order valence-corrected chi connectivity index (χ2v) is 8.39. The summed E-state index contributed by atoms with van der Waals surface area (Å²) in [6.45, 7) is 1.70. The number of benzene rings is 3. The Labute approximate surface area is 194 Å². The Hall–Kier alpha value is -3.97. The lowest BCUT2D eigenvalue weighted by molar-refractivity contribution is -0.118. The molecule has 33 heavy (non-hydrogen) atoms. The van der Waals surface area contributed by atoms with Gasteiger partial charge in [0, 0.05) is 21.8 Å². The van der Waals surface area contributed by atoms with E-state index in [0.29, 0.717) is 16.4 Å². The maximum atomic E-state index is 13.3. The molecule has 3 amide bonds. The summed E-state index contributed by atoms with van der Waals surface area (Å²) in [6.07, 6.45) is 1.70. The van der Waals surface area contributed by atoms with E-state index in [1.54, 1.807) is 19.2 Å². The number of halogens is 1. The maximum absolute atomic E-state index is 13.3. The molecule has 3 aromatic carbocycles. The van der Waals surface area contributed by atoms with Crippen LogP contribution in [-0.2, 0) is 4.79 Å². The standard InChI is InChI=1S/C25H20ClN5O2/c1-14-22(24(32)29-20-9-10-21-18(12-20)13-27-31-21)23(30-25(33)28-14)16-7-5-15(6-8-16)17-3-2-4-19(26)11-17/h2-13,22-23H,1H3,(H,27,31)(H,29,32)(H,30,33). The summed E-state index contributed by atoms with van der Waals surface area (Å²) in [4.78, 5) is 29.5. The van der Waals surface area contributed by atoms with Gasteiger partial charge in [0.15, 0.2) is 0 Å². The number of rotatable bonds is 4. The number of fused-ring (bicyclic) bond motifs is 1. The van der Waals surface area contributed by atoms with Gasteiger partial charge in [0.2, 0.25) is 5.91 Å². The van der Waals surface area contributed by atoms with Crippen molar-refractivity contribution < 1.29 is 9.59 Å². The van der Waals surface area contributed by atoms with Crippen molar-refractivity contribution in [2.45, 2.75) is 13.0 Å². The van der Waals surface area contributed by atoms with Crippen molar-refractivity contribution >= 4 is 45.8 Å². The van der Waals surface area contributed by atoms with Gasteiger partial charge in [-0.05, 0) is 53.9 Å². The molecule has 1 aliphatic rings. The van der Waals surface area contributed by atoms with Gasteiger partial charge in [-0.1, -0.05) is 48.0 Å². The zero-order valence-corrected chi connectivity index (χ0v) is 18.4. The molecule has 2 heterocycles. The van der Waals surface area contributed by atoms with E-state index in [-0.39, 0.29) is 5.91 Å². The molecule has 0 fully saturated rings. The molecule has 0 aliphatic carbocycles.